The molecule has 4 aromatic rings. The van der Waals surface area contributed by atoms with Crippen molar-refractivity contribution in [1.82, 2.24) is 20.2 Å². The van der Waals surface area contributed by atoms with Crippen molar-refractivity contribution in [3.63, 3.8) is 0 Å². The van der Waals surface area contributed by atoms with Gasteiger partial charge in [0.15, 0.2) is 0 Å². The van der Waals surface area contributed by atoms with Crippen LogP contribution in [-0.2, 0) is 4.74 Å². The Balaban J connectivity index is 1.27. The van der Waals surface area contributed by atoms with E-state index in [1.807, 2.05) is 34.9 Å². The zero-order valence-corrected chi connectivity index (χ0v) is 20.8. The van der Waals surface area contributed by atoms with Gasteiger partial charge >= 0.3 is 12.2 Å². The number of halogens is 3. The number of amides is 3. The molecule has 1 atom stereocenters. The maximum Gasteiger partial charge on any atom is 0.405 e. The molecule has 0 saturated carbocycles. The third kappa shape index (κ3) is 6.55. The van der Waals surface area contributed by atoms with Crippen LogP contribution in [-0.4, -0.2) is 53.5 Å². The van der Waals surface area contributed by atoms with Gasteiger partial charge in [0.2, 0.25) is 0 Å². The lowest BCUT2D eigenvalue weighted by atomic mass is 10.0. The van der Waals surface area contributed by atoms with Crippen LogP contribution in [0, 0.1) is 0 Å². The second-order valence-corrected chi connectivity index (χ2v) is 9.21. The van der Waals surface area contributed by atoms with Crippen LogP contribution in [0.25, 0.3) is 27.8 Å². The smallest absolute Gasteiger partial charge is 0.376 e. The number of hydrogen-bond donors (Lipinski definition) is 3. The Hall–Kier alpha value is -4.38. The van der Waals surface area contributed by atoms with Crippen molar-refractivity contribution in [2.75, 3.05) is 25.0 Å². The second kappa shape index (κ2) is 11.2. The number of nitrogens with one attached hydrogen (secondary N) is 3. The maximum absolute atomic E-state index is 12.5. The van der Waals surface area contributed by atoms with E-state index in [0.29, 0.717) is 23.5 Å². The summed E-state index contributed by atoms with van der Waals surface area (Å²) in [5, 5.41) is 7.11. The molecule has 1 aliphatic rings. The van der Waals surface area contributed by atoms with Crippen LogP contribution in [0.1, 0.15) is 23.2 Å². The SMILES string of the molecule is O=C(NCC(F)(F)F)Nc1cccc(-n2cnc3cc(-c4ccc(C(=O)NCC5CCCO5)cc4)ccc32)c1. The van der Waals surface area contributed by atoms with E-state index in [-0.39, 0.29) is 12.0 Å². The summed E-state index contributed by atoms with van der Waals surface area (Å²) in [6.45, 7) is -0.169. The van der Waals surface area contributed by atoms with E-state index in [1.165, 1.54) is 0 Å². The average molecular weight is 538 g/mol. The minimum atomic E-state index is -4.49. The molecule has 3 amide bonds. The molecule has 5 rings (SSSR count). The number of aromatic nitrogens is 2. The number of alkyl halides is 3. The van der Waals surface area contributed by atoms with Gasteiger partial charge in [0.25, 0.3) is 5.91 Å². The van der Waals surface area contributed by atoms with Crippen LogP contribution < -0.4 is 16.0 Å². The van der Waals surface area contributed by atoms with Crippen LogP contribution in [0.3, 0.4) is 0 Å². The predicted molar refractivity (Wildman–Crippen MR) is 141 cm³/mol. The highest BCUT2D eigenvalue weighted by atomic mass is 19.4. The molecule has 0 spiro atoms. The highest BCUT2D eigenvalue weighted by Gasteiger charge is 2.27. The lowest BCUT2D eigenvalue weighted by Gasteiger charge is -2.11. The first-order valence-corrected chi connectivity index (χ1v) is 12.4. The largest absolute Gasteiger partial charge is 0.405 e. The van der Waals surface area contributed by atoms with E-state index in [1.54, 1.807) is 48.0 Å². The number of fused-ring (bicyclic) bond motifs is 1. The number of urea groups is 1. The van der Waals surface area contributed by atoms with Gasteiger partial charge in [-0.3, -0.25) is 9.36 Å². The van der Waals surface area contributed by atoms with E-state index < -0.39 is 18.8 Å². The third-order valence-corrected chi connectivity index (χ3v) is 6.37. The molecule has 202 valence electrons. The van der Waals surface area contributed by atoms with Crippen LogP contribution in [0.4, 0.5) is 23.7 Å². The molecule has 1 saturated heterocycles. The summed E-state index contributed by atoms with van der Waals surface area (Å²) in [5.41, 5.74) is 4.98. The number of benzene rings is 3. The van der Waals surface area contributed by atoms with Crippen molar-refractivity contribution in [3.8, 4) is 16.8 Å². The van der Waals surface area contributed by atoms with Gasteiger partial charge in [-0.25, -0.2) is 9.78 Å². The van der Waals surface area contributed by atoms with Gasteiger partial charge in [-0.2, -0.15) is 13.2 Å². The summed E-state index contributed by atoms with van der Waals surface area (Å²) in [7, 11) is 0. The highest BCUT2D eigenvalue weighted by molar-refractivity contribution is 5.95. The Morgan fingerprint density at radius 3 is 2.54 bits per heavy atom. The van der Waals surface area contributed by atoms with Crippen molar-refractivity contribution in [2.45, 2.75) is 25.1 Å². The van der Waals surface area contributed by atoms with Gasteiger partial charge in [-0.05, 0) is 66.4 Å². The van der Waals surface area contributed by atoms with E-state index in [4.69, 9.17) is 4.74 Å². The minimum Gasteiger partial charge on any atom is -0.376 e. The van der Waals surface area contributed by atoms with Crippen molar-refractivity contribution in [3.05, 3.63) is 78.6 Å². The monoisotopic (exact) mass is 537 g/mol. The highest BCUT2D eigenvalue weighted by Crippen LogP contribution is 2.27. The molecule has 1 unspecified atom stereocenters. The summed E-state index contributed by atoms with van der Waals surface area (Å²) < 4.78 is 44.4. The van der Waals surface area contributed by atoms with Gasteiger partial charge in [-0.1, -0.05) is 24.3 Å². The van der Waals surface area contributed by atoms with Crippen molar-refractivity contribution in [1.29, 1.82) is 0 Å². The first kappa shape index (κ1) is 26.2. The number of carbonyl (C=O) groups is 2. The summed E-state index contributed by atoms with van der Waals surface area (Å²) in [5.74, 6) is -0.138. The summed E-state index contributed by atoms with van der Waals surface area (Å²) in [6, 6.07) is 18.9. The fourth-order valence-electron chi connectivity index (χ4n) is 4.42. The van der Waals surface area contributed by atoms with Gasteiger partial charge in [0.05, 0.1) is 17.1 Å². The Morgan fingerprint density at radius 1 is 1.00 bits per heavy atom. The first-order chi connectivity index (χ1) is 18.7. The standard InChI is InChI=1S/C28H26F3N5O3/c29-28(30,31)16-33-27(38)35-21-3-1-4-22(14-21)36-17-34-24-13-20(10-11-25(24)36)18-6-8-19(9-7-18)26(37)32-15-23-5-2-12-39-23/h1,3-4,6-11,13-14,17,23H,2,5,12,15-16H2,(H,32,37)(H2,33,35,38). The summed E-state index contributed by atoms with van der Waals surface area (Å²) in [4.78, 5) is 28.8. The number of rotatable bonds is 7. The molecule has 3 aromatic carbocycles. The van der Waals surface area contributed by atoms with Crippen LogP contribution in [0.2, 0.25) is 0 Å². The molecule has 1 aromatic heterocycles. The number of ether oxygens (including phenoxy) is 1. The average Bonchev–Trinajstić information content (AvgIpc) is 3.60. The quantitative estimate of drug-likeness (QED) is 0.299. The van der Waals surface area contributed by atoms with Gasteiger partial charge < -0.3 is 20.7 Å². The predicted octanol–water partition coefficient (Wildman–Crippen LogP) is 5.29. The number of anilines is 1. The number of imidazole rings is 1. The number of carbonyl (C=O) groups excluding carboxylic acids is 2. The van der Waals surface area contributed by atoms with Crippen molar-refractivity contribution >= 4 is 28.7 Å². The molecule has 0 bridgehead atoms. The molecule has 1 fully saturated rings. The van der Waals surface area contributed by atoms with Crippen LogP contribution in [0.5, 0.6) is 0 Å². The van der Waals surface area contributed by atoms with Crippen LogP contribution in [0.15, 0.2) is 73.1 Å². The molecule has 0 radical (unpaired) electrons. The minimum absolute atomic E-state index is 0.0845. The Labute approximate surface area is 222 Å². The topological polar surface area (TPSA) is 97.3 Å². The molecule has 1 aliphatic heterocycles. The molecule has 11 heteroatoms. The zero-order valence-electron chi connectivity index (χ0n) is 20.8. The molecule has 0 aliphatic carbocycles. The van der Waals surface area contributed by atoms with Gasteiger partial charge in [-0.15, -0.1) is 0 Å². The lowest BCUT2D eigenvalue weighted by molar-refractivity contribution is -0.122. The number of hydrogen-bond acceptors (Lipinski definition) is 4. The van der Waals surface area contributed by atoms with Crippen LogP contribution >= 0.6 is 0 Å². The van der Waals surface area contributed by atoms with Gasteiger partial charge in [0, 0.05) is 30.1 Å². The van der Waals surface area contributed by atoms with Crippen molar-refractivity contribution < 1.29 is 27.5 Å². The van der Waals surface area contributed by atoms with E-state index >= 15 is 0 Å². The Morgan fingerprint density at radius 2 is 1.79 bits per heavy atom. The Kier molecular flexibility index (Phi) is 7.51. The second-order valence-electron chi connectivity index (χ2n) is 9.21. The van der Waals surface area contributed by atoms with E-state index in [0.717, 1.165) is 41.6 Å². The molecule has 8 nitrogen and oxygen atoms in total. The lowest BCUT2D eigenvalue weighted by Crippen LogP contribution is -2.36. The summed E-state index contributed by atoms with van der Waals surface area (Å²) in [6.07, 6.45) is -0.786. The first-order valence-electron chi connectivity index (χ1n) is 12.4. The normalized spacial score (nSPS) is 15.3. The summed E-state index contributed by atoms with van der Waals surface area (Å²) >= 11 is 0. The van der Waals surface area contributed by atoms with E-state index in [2.05, 4.69) is 15.6 Å². The zero-order chi connectivity index (χ0) is 27.4. The molecular formula is C28H26F3N5O3. The fourth-order valence-corrected chi connectivity index (χ4v) is 4.42. The fraction of sp³-hybridized carbons (Fsp3) is 0.250. The molecule has 39 heavy (non-hydrogen) atoms. The Bertz CT molecular complexity index is 1480. The van der Waals surface area contributed by atoms with Crippen molar-refractivity contribution in [2.24, 2.45) is 0 Å². The van der Waals surface area contributed by atoms with E-state index in [9.17, 15) is 22.8 Å². The molecule has 3 N–H and O–H groups in total. The molecule has 2 heterocycles. The maximum atomic E-state index is 12.5. The van der Waals surface area contributed by atoms with Gasteiger partial charge in [0.1, 0.15) is 12.9 Å². The third-order valence-electron chi connectivity index (χ3n) is 6.37. The number of nitrogens with zero attached hydrogens (tertiary/aromatic N) is 2. The molecular weight excluding hydrogens is 511 g/mol.